The van der Waals surface area contributed by atoms with E-state index in [1.807, 2.05) is 0 Å². The molecule has 1 fully saturated rings. The zero-order chi connectivity index (χ0) is 13.9. The van der Waals surface area contributed by atoms with Gasteiger partial charge in [-0.15, -0.1) is 0 Å². The van der Waals surface area contributed by atoms with Crippen molar-refractivity contribution in [1.82, 2.24) is 0 Å². The zero-order valence-corrected chi connectivity index (χ0v) is 12.4. The molecule has 1 aromatic rings. The minimum Gasteiger partial charge on any atom is -0.378 e. The minimum absolute atomic E-state index is 0.0359. The predicted octanol–water partition coefficient (Wildman–Crippen LogP) is 2.72. The van der Waals surface area contributed by atoms with E-state index in [4.69, 9.17) is 10.5 Å². The van der Waals surface area contributed by atoms with Crippen LogP contribution in [0.4, 0.5) is 5.69 Å². The molecule has 1 saturated heterocycles. The van der Waals surface area contributed by atoms with Crippen molar-refractivity contribution >= 4 is 5.69 Å². The fraction of sp³-hybridized carbons (Fsp3) is 0.625. The molecule has 1 aliphatic rings. The smallest absolute Gasteiger partial charge is 0.0595 e. The van der Waals surface area contributed by atoms with E-state index in [9.17, 15) is 0 Å². The van der Waals surface area contributed by atoms with Crippen molar-refractivity contribution in [2.24, 2.45) is 5.73 Å². The van der Waals surface area contributed by atoms with Gasteiger partial charge in [-0.05, 0) is 38.3 Å². The molecule has 0 radical (unpaired) electrons. The van der Waals surface area contributed by atoms with Crippen molar-refractivity contribution in [2.75, 3.05) is 25.1 Å². The minimum atomic E-state index is 0.0359. The van der Waals surface area contributed by atoms with Gasteiger partial charge in [0.15, 0.2) is 0 Å². The van der Waals surface area contributed by atoms with Gasteiger partial charge in [0, 0.05) is 25.9 Å². The second-order valence-corrected chi connectivity index (χ2v) is 5.68. The lowest BCUT2D eigenvalue weighted by atomic mass is 9.84. The molecule has 2 N–H and O–H groups in total. The third kappa shape index (κ3) is 2.93. The Morgan fingerprint density at radius 1 is 1.37 bits per heavy atom. The molecule has 0 aromatic heterocycles. The lowest BCUT2D eigenvalue weighted by Crippen LogP contribution is -2.57. The van der Waals surface area contributed by atoms with Crippen molar-refractivity contribution in [1.29, 1.82) is 0 Å². The van der Waals surface area contributed by atoms with Gasteiger partial charge in [0.1, 0.15) is 0 Å². The summed E-state index contributed by atoms with van der Waals surface area (Å²) in [4.78, 5) is 2.36. The third-order valence-corrected chi connectivity index (χ3v) is 4.50. The number of rotatable bonds is 4. The number of hydrogen-bond donors (Lipinski definition) is 1. The maximum atomic E-state index is 6.13. The molecule has 19 heavy (non-hydrogen) atoms. The molecule has 2 rings (SSSR count). The summed E-state index contributed by atoms with van der Waals surface area (Å²) in [5.74, 6) is 0. The Labute approximate surface area is 116 Å². The van der Waals surface area contributed by atoms with Crippen LogP contribution in [0.25, 0.3) is 0 Å². The summed E-state index contributed by atoms with van der Waals surface area (Å²) in [7, 11) is 2.16. The largest absolute Gasteiger partial charge is 0.378 e. The van der Waals surface area contributed by atoms with E-state index in [1.165, 1.54) is 11.3 Å². The molecule has 1 aliphatic heterocycles. The van der Waals surface area contributed by atoms with Crippen LogP contribution in [0.5, 0.6) is 0 Å². The van der Waals surface area contributed by atoms with E-state index < -0.39 is 0 Å². The molecule has 1 aromatic carbocycles. The average Bonchev–Trinajstić information content (AvgIpc) is 2.47. The van der Waals surface area contributed by atoms with Gasteiger partial charge in [-0.2, -0.15) is 0 Å². The van der Waals surface area contributed by atoms with Crippen molar-refractivity contribution in [3.05, 3.63) is 29.8 Å². The van der Waals surface area contributed by atoms with Crippen LogP contribution in [0.2, 0.25) is 0 Å². The van der Waals surface area contributed by atoms with Crippen LogP contribution in [0.15, 0.2) is 24.3 Å². The van der Waals surface area contributed by atoms with Crippen molar-refractivity contribution in [3.63, 3.8) is 0 Å². The standard InChI is InChI=1S/C16H26N2O/c1-4-15-11-16(12-17,9-10-19-15)18(3)14-7-5-13(2)6-8-14/h5-8,15H,4,9-12,17H2,1-3H3. The molecule has 3 nitrogen and oxygen atoms in total. The van der Waals surface area contributed by atoms with Crippen molar-refractivity contribution in [3.8, 4) is 0 Å². The first-order valence-electron chi connectivity index (χ1n) is 7.23. The van der Waals surface area contributed by atoms with E-state index in [1.54, 1.807) is 0 Å². The Balaban J connectivity index is 2.22. The van der Waals surface area contributed by atoms with E-state index in [0.717, 1.165) is 25.9 Å². The highest BCUT2D eigenvalue weighted by Crippen LogP contribution is 2.33. The summed E-state index contributed by atoms with van der Waals surface area (Å²) in [6.45, 7) is 5.79. The summed E-state index contributed by atoms with van der Waals surface area (Å²) >= 11 is 0. The summed E-state index contributed by atoms with van der Waals surface area (Å²) < 4.78 is 5.81. The van der Waals surface area contributed by atoms with Gasteiger partial charge in [0.05, 0.1) is 11.6 Å². The van der Waals surface area contributed by atoms with Crippen LogP contribution in [0.3, 0.4) is 0 Å². The van der Waals surface area contributed by atoms with E-state index >= 15 is 0 Å². The monoisotopic (exact) mass is 262 g/mol. The van der Waals surface area contributed by atoms with Crippen molar-refractivity contribution in [2.45, 2.75) is 44.8 Å². The van der Waals surface area contributed by atoms with Crippen LogP contribution in [-0.2, 0) is 4.74 Å². The molecule has 106 valence electrons. The summed E-state index contributed by atoms with van der Waals surface area (Å²) in [5.41, 5.74) is 8.69. The molecule has 0 aliphatic carbocycles. The van der Waals surface area contributed by atoms with E-state index in [2.05, 4.69) is 50.1 Å². The lowest BCUT2D eigenvalue weighted by Gasteiger charge is -2.47. The number of nitrogens with two attached hydrogens (primary N) is 1. The molecule has 0 spiro atoms. The molecule has 0 saturated carbocycles. The van der Waals surface area contributed by atoms with Gasteiger partial charge in [-0.1, -0.05) is 24.6 Å². The Hall–Kier alpha value is -1.06. The molecular weight excluding hydrogens is 236 g/mol. The number of hydrogen-bond acceptors (Lipinski definition) is 3. The quantitative estimate of drug-likeness (QED) is 0.906. The van der Waals surface area contributed by atoms with Crippen LogP contribution < -0.4 is 10.6 Å². The molecule has 2 unspecified atom stereocenters. The van der Waals surface area contributed by atoms with Gasteiger partial charge >= 0.3 is 0 Å². The summed E-state index contributed by atoms with van der Waals surface area (Å²) in [5, 5.41) is 0. The Kier molecular flexibility index (Phi) is 4.48. The van der Waals surface area contributed by atoms with Gasteiger partial charge in [0.25, 0.3) is 0 Å². The Morgan fingerprint density at radius 3 is 2.63 bits per heavy atom. The van der Waals surface area contributed by atoms with E-state index in [0.29, 0.717) is 12.6 Å². The number of benzene rings is 1. The predicted molar refractivity (Wildman–Crippen MR) is 80.6 cm³/mol. The highest BCUT2D eigenvalue weighted by Gasteiger charge is 2.39. The Bertz CT molecular complexity index is 404. The first-order valence-corrected chi connectivity index (χ1v) is 7.23. The summed E-state index contributed by atoms with van der Waals surface area (Å²) in [6.07, 6.45) is 3.42. The first-order chi connectivity index (χ1) is 9.11. The molecular formula is C16H26N2O. The molecule has 0 amide bonds. The number of nitrogens with zero attached hydrogens (tertiary/aromatic N) is 1. The summed E-state index contributed by atoms with van der Waals surface area (Å²) in [6, 6.07) is 8.69. The Morgan fingerprint density at radius 2 is 2.05 bits per heavy atom. The van der Waals surface area contributed by atoms with Crippen LogP contribution in [0.1, 0.15) is 31.7 Å². The molecule has 2 atom stereocenters. The number of anilines is 1. The van der Waals surface area contributed by atoms with Gasteiger partial charge in [-0.3, -0.25) is 0 Å². The van der Waals surface area contributed by atoms with Gasteiger partial charge < -0.3 is 15.4 Å². The first kappa shape index (κ1) is 14.4. The zero-order valence-electron chi connectivity index (χ0n) is 12.4. The molecule has 1 heterocycles. The maximum Gasteiger partial charge on any atom is 0.0595 e. The lowest BCUT2D eigenvalue weighted by molar-refractivity contribution is -0.0188. The van der Waals surface area contributed by atoms with E-state index in [-0.39, 0.29) is 5.54 Å². The normalized spacial score (nSPS) is 27.3. The number of ether oxygens (including phenoxy) is 1. The highest BCUT2D eigenvalue weighted by molar-refractivity contribution is 5.49. The fourth-order valence-corrected chi connectivity index (χ4v) is 2.93. The average molecular weight is 262 g/mol. The third-order valence-electron chi connectivity index (χ3n) is 4.50. The molecule has 0 bridgehead atoms. The molecule has 3 heteroatoms. The fourth-order valence-electron chi connectivity index (χ4n) is 2.93. The topological polar surface area (TPSA) is 38.5 Å². The van der Waals surface area contributed by atoms with Crippen LogP contribution in [0, 0.1) is 6.92 Å². The second kappa shape index (κ2) is 5.93. The van der Waals surface area contributed by atoms with Crippen molar-refractivity contribution < 1.29 is 4.74 Å². The van der Waals surface area contributed by atoms with Crippen LogP contribution in [-0.4, -0.2) is 31.8 Å². The highest BCUT2D eigenvalue weighted by atomic mass is 16.5. The second-order valence-electron chi connectivity index (χ2n) is 5.68. The van der Waals surface area contributed by atoms with Gasteiger partial charge in [-0.25, -0.2) is 0 Å². The SMILES string of the molecule is CCC1CC(CN)(N(C)c2ccc(C)cc2)CCO1. The van der Waals surface area contributed by atoms with Crippen LogP contribution >= 0.6 is 0 Å². The maximum absolute atomic E-state index is 6.13. The number of likely N-dealkylation sites (N-methyl/N-ethyl adjacent to an activating group) is 1. The number of aryl methyl sites for hydroxylation is 1. The van der Waals surface area contributed by atoms with Gasteiger partial charge in [0.2, 0.25) is 0 Å².